The second kappa shape index (κ2) is 11.9. The Bertz CT molecular complexity index is 1340. The Morgan fingerprint density at radius 1 is 0.944 bits per heavy atom. The monoisotopic (exact) mass is 482 g/mol. The molecule has 0 aliphatic carbocycles. The van der Waals surface area contributed by atoms with Gasteiger partial charge in [0, 0.05) is 42.3 Å². The van der Waals surface area contributed by atoms with Crippen molar-refractivity contribution in [2.24, 2.45) is 0 Å². The lowest BCUT2D eigenvalue weighted by molar-refractivity contribution is -0.134. The summed E-state index contributed by atoms with van der Waals surface area (Å²) in [5.41, 5.74) is 3.96. The molecule has 0 atom stereocenters. The Morgan fingerprint density at radius 3 is 2.33 bits per heavy atom. The van der Waals surface area contributed by atoms with Crippen molar-refractivity contribution in [3.63, 3.8) is 0 Å². The maximum Gasteiger partial charge on any atom is 0.330 e. The van der Waals surface area contributed by atoms with E-state index in [0.29, 0.717) is 18.9 Å². The molecule has 4 aromatic rings. The van der Waals surface area contributed by atoms with Crippen molar-refractivity contribution >= 4 is 28.9 Å². The molecule has 0 saturated heterocycles. The quantitative estimate of drug-likeness (QED) is 0.233. The molecule has 6 heteroatoms. The molecule has 1 amide bonds. The standard InChI is InChI=1S/C30H30N2O4/c1-31(18-17-23-9-5-3-6-10-23)29(33)21-32-20-25(13-16-30(34)35-2)27-19-26(14-15-28(27)32)36-22-24-11-7-4-8-12-24/h3-16,19-20H,17-18,21-22H2,1-2H3. The lowest BCUT2D eigenvalue weighted by atomic mass is 10.1. The molecule has 0 aliphatic heterocycles. The van der Waals surface area contributed by atoms with Gasteiger partial charge >= 0.3 is 5.97 Å². The molecule has 0 spiro atoms. The molecule has 3 aromatic carbocycles. The molecule has 0 aliphatic rings. The second-order valence-electron chi connectivity index (χ2n) is 8.57. The van der Waals surface area contributed by atoms with Gasteiger partial charge in [0.25, 0.3) is 0 Å². The van der Waals surface area contributed by atoms with E-state index >= 15 is 0 Å². The smallest absolute Gasteiger partial charge is 0.330 e. The molecular formula is C30H30N2O4. The molecule has 0 N–H and O–H groups in total. The first-order valence-electron chi connectivity index (χ1n) is 11.9. The Morgan fingerprint density at radius 2 is 1.64 bits per heavy atom. The summed E-state index contributed by atoms with van der Waals surface area (Å²) in [6, 6.07) is 25.9. The van der Waals surface area contributed by atoms with E-state index in [1.165, 1.54) is 18.7 Å². The van der Waals surface area contributed by atoms with Crippen LogP contribution in [0.3, 0.4) is 0 Å². The summed E-state index contributed by atoms with van der Waals surface area (Å²) in [4.78, 5) is 26.5. The first-order valence-corrected chi connectivity index (χ1v) is 11.9. The number of carbonyl (C=O) groups excluding carboxylic acids is 2. The molecular weight excluding hydrogens is 452 g/mol. The van der Waals surface area contributed by atoms with Crippen molar-refractivity contribution in [1.82, 2.24) is 9.47 Å². The average Bonchev–Trinajstić information content (AvgIpc) is 3.26. The number of methoxy groups -OCH3 is 1. The lowest BCUT2D eigenvalue weighted by Crippen LogP contribution is -2.31. The van der Waals surface area contributed by atoms with Crippen molar-refractivity contribution < 1.29 is 19.1 Å². The van der Waals surface area contributed by atoms with Crippen LogP contribution in [0.1, 0.15) is 16.7 Å². The van der Waals surface area contributed by atoms with Crippen molar-refractivity contribution in [1.29, 1.82) is 0 Å². The number of nitrogens with zero attached hydrogens (tertiary/aromatic N) is 2. The topological polar surface area (TPSA) is 60.8 Å². The third-order valence-corrected chi connectivity index (χ3v) is 6.04. The summed E-state index contributed by atoms with van der Waals surface area (Å²) >= 11 is 0. The van der Waals surface area contributed by atoms with Gasteiger partial charge in [0.05, 0.1) is 7.11 Å². The zero-order chi connectivity index (χ0) is 25.3. The summed E-state index contributed by atoms with van der Waals surface area (Å²) in [7, 11) is 3.17. The predicted molar refractivity (Wildman–Crippen MR) is 142 cm³/mol. The van der Waals surface area contributed by atoms with Gasteiger partial charge in [-0.2, -0.15) is 0 Å². The average molecular weight is 483 g/mol. The number of ether oxygens (including phenoxy) is 2. The summed E-state index contributed by atoms with van der Waals surface area (Å²) in [6.07, 6.45) is 5.76. The van der Waals surface area contributed by atoms with Gasteiger partial charge in [-0.05, 0) is 41.8 Å². The number of likely N-dealkylation sites (N-methyl/N-ethyl adjacent to an activating group) is 1. The van der Waals surface area contributed by atoms with E-state index in [2.05, 4.69) is 12.1 Å². The summed E-state index contributed by atoms with van der Waals surface area (Å²) < 4.78 is 12.7. The molecule has 0 saturated carbocycles. The zero-order valence-electron chi connectivity index (χ0n) is 20.6. The van der Waals surface area contributed by atoms with E-state index in [9.17, 15) is 9.59 Å². The van der Waals surface area contributed by atoms with Gasteiger partial charge in [0.1, 0.15) is 18.9 Å². The van der Waals surface area contributed by atoms with Crippen LogP contribution in [0.25, 0.3) is 17.0 Å². The van der Waals surface area contributed by atoms with Gasteiger partial charge in [-0.25, -0.2) is 4.79 Å². The van der Waals surface area contributed by atoms with Crippen molar-refractivity contribution in [2.75, 3.05) is 20.7 Å². The minimum absolute atomic E-state index is 0.00994. The Balaban J connectivity index is 1.53. The van der Waals surface area contributed by atoms with E-state index in [4.69, 9.17) is 9.47 Å². The van der Waals surface area contributed by atoms with Crippen LogP contribution in [0.4, 0.5) is 0 Å². The van der Waals surface area contributed by atoms with Gasteiger partial charge in [0.2, 0.25) is 5.91 Å². The molecule has 0 radical (unpaired) electrons. The number of aromatic nitrogens is 1. The molecule has 4 rings (SSSR count). The second-order valence-corrected chi connectivity index (χ2v) is 8.57. The molecule has 1 heterocycles. The summed E-state index contributed by atoms with van der Waals surface area (Å²) in [5, 5.41) is 0.889. The first kappa shape index (κ1) is 24.8. The highest BCUT2D eigenvalue weighted by Crippen LogP contribution is 2.28. The minimum Gasteiger partial charge on any atom is -0.489 e. The number of esters is 1. The number of amides is 1. The van der Waals surface area contributed by atoms with Crippen molar-refractivity contribution in [3.05, 3.63) is 108 Å². The lowest BCUT2D eigenvalue weighted by Gasteiger charge is -2.18. The number of carbonyl (C=O) groups is 2. The third-order valence-electron chi connectivity index (χ3n) is 6.04. The number of fused-ring (bicyclic) bond motifs is 1. The maximum absolute atomic E-state index is 13.0. The highest BCUT2D eigenvalue weighted by Gasteiger charge is 2.14. The molecule has 0 unspecified atom stereocenters. The minimum atomic E-state index is -0.441. The molecule has 0 fully saturated rings. The van der Waals surface area contributed by atoms with Crippen LogP contribution < -0.4 is 4.74 Å². The number of hydrogen-bond acceptors (Lipinski definition) is 4. The predicted octanol–water partition coefficient (Wildman–Crippen LogP) is 5.11. The maximum atomic E-state index is 13.0. The van der Waals surface area contributed by atoms with Crippen LogP contribution in [0, 0.1) is 0 Å². The van der Waals surface area contributed by atoms with E-state index in [0.717, 1.165) is 28.5 Å². The third kappa shape index (κ3) is 6.42. The fourth-order valence-corrected chi connectivity index (χ4v) is 3.96. The molecule has 1 aromatic heterocycles. The first-order chi connectivity index (χ1) is 17.5. The number of hydrogen-bond donors (Lipinski definition) is 0. The van der Waals surface area contributed by atoms with E-state index in [1.54, 1.807) is 11.0 Å². The molecule has 0 bridgehead atoms. The summed E-state index contributed by atoms with van der Waals surface area (Å²) in [5.74, 6) is 0.281. The van der Waals surface area contributed by atoms with Crippen molar-refractivity contribution in [2.45, 2.75) is 19.6 Å². The number of benzene rings is 3. The van der Waals surface area contributed by atoms with Gasteiger partial charge in [-0.3, -0.25) is 4.79 Å². The van der Waals surface area contributed by atoms with Crippen LogP contribution in [0.15, 0.2) is 91.1 Å². The van der Waals surface area contributed by atoms with Gasteiger partial charge in [0.15, 0.2) is 0 Å². The van der Waals surface area contributed by atoms with Gasteiger partial charge < -0.3 is 18.9 Å². The normalized spacial score (nSPS) is 11.1. The highest BCUT2D eigenvalue weighted by molar-refractivity contribution is 5.95. The van der Waals surface area contributed by atoms with Crippen LogP contribution >= 0.6 is 0 Å². The van der Waals surface area contributed by atoms with E-state index < -0.39 is 5.97 Å². The van der Waals surface area contributed by atoms with Crippen LogP contribution in [0.2, 0.25) is 0 Å². The zero-order valence-corrected chi connectivity index (χ0v) is 20.6. The van der Waals surface area contributed by atoms with Crippen LogP contribution in [0.5, 0.6) is 5.75 Å². The van der Waals surface area contributed by atoms with E-state index in [-0.39, 0.29) is 12.5 Å². The van der Waals surface area contributed by atoms with E-state index in [1.807, 2.05) is 84.5 Å². The summed E-state index contributed by atoms with van der Waals surface area (Å²) in [6.45, 7) is 1.28. The van der Waals surface area contributed by atoms with Crippen molar-refractivity contribution in [3.8, 4) is 5.75 Å². The van der Waals surface area contributed by atoms with Crippen LogP contribution in [-0.4, -0.2) is 42.0 Å². The number of rotatable bonds is 10. The Hall–Kier alpha value is -4.32. The molecule has 36 heavy (non-hydrogen) atoms. The Kier molecular flexibility index (Phi) is 8.19. The largest absolute Gasteiger partial charge is 0.489 e. The van der Waals surface area contributed by atoms with Gasteiger partial charge in [-0.1, -0.05) is 60.7 Å². The SMILES string of the molecule is COC(=O)C=Cc1cn(CC(=O)N(C)CCc2ccccc2)c2ccc(OCc3ccccc3)cc12. The highest BCUT2D eigenvalue weighted by atomic mass is 16.5. The van der Waals surface area contributed by atoms with Crippen LogP contribution in [-0.2, 0) is 33.9 Å². The fourth-order valence-electron chi connectivity index (χ4n) is 3.96. The Labute approximate surface area is 211 Å². The van der Waals surface area contributed by atoms with Gasteiger partial charge in [-0.15, -0.1) is 0 Å². The molecule has 184 valence electrons. The molecule has 6 nitrogen and oxygen atoms in total. The fraction of sp³-hybridized carbons (Fsp3) is 0.200.